The third kappa shape index (κ3) is 2.13. The molecule has 0 unspecified atom stereocenters. The molecule has 23 heavy (non-hydrogen) atoms. The number of hydrogen-bond donors (Lipinski definition) is 0. The van der Waals surface area contributed by atoms with Gasteiger partial charge in [0.05, 0.1) is 6.04 Å². The molecule has 2 aromatic carbocycles. The molecule has 116 valence electrons. The van der Waals surface area contributed by atoms with Crippen LogP contribution in [0.25, 0.3) is 0 Å². The van der Waals surface area contributed by atoms with Crippen molar-refractivity contribution in [3.63, 3.8) is 0 Å². The van der Waals surface area contributed by atoms with Gasteiger partial charge in [0, 0.05) is 26.1 Å². The molecular weight excluding hydrogens is 288 g/mol. The fourth-order valence-electron chi connectivity index (χ4n) is 3.74. The number of carbonyl (C=O) groups is 2. The Hall–Kier alpha value is -2.62. The van der Waals surface area contributed by atoms with Crippen molar-refractivity contribution in [1.29, 1.82) is 0 Å². The van der Waals surface area contributed by atoms with E-state index >= 15 is 0 Å². The number of amides is 2. The van der Waals surface area contributed by atoms with Crippen LogP contribution in [0.1, 0.15) is 28.7 Å². The first-order valence-electron chi connectivity index (χ1n) is 7.86. The van der Waals surface area contributed by atoms with Gasteiger partial charge in [-0.1, -0.05) is 54.6 Å². The molecule has 2 amide bonds. The van der Waals surface area contributed by atoms with Gasteiger partial charge < -0.3 is 9.80 Å². The van der Waals surface area contributed by atoms with Gasteiger partial charge in [0.1, 0.15) is 0 Å². The summed E-state index contributed by atoms with van der Waals surface area (Å²) in [4.78, 5) is 27.8. The first-order chi connectivity index (χ1) is 11.2. The first-order valence-corrected chi connectivity index (χ1v) is 7.86. The minimum atomic E-state index is -0.410. The molecule has 0 radical (unpaired) electrons. The highest BCUT2D eigenvalue weighted by atomic mass is 16.2. The average Bonchev–Trinajstić information content (AvgIpc) is 2.60. The van der Waals surface area contributed by atoms with Crippen molar-refractivity contribution < 1.29 is 9.59 Å². The van der Waals surface area contributed by atoms with E-state index < -0.39 is 5.91 Å². The summed E-state index contributed by atoms with van der Waals surface area (Å²) in [5.74, 6) is -0.685. The molecule has 0 bridgehead atoms. The van der Waals surface area contributed by atoms with Gasteiger partial charge in [0.2, 0.25) is 0 Å². The van der Waals surface area contributed by atoms with Crippen LogP contribution in [0.4, 0.5) is 0 Å². The molecule has 1 fully saturated rings. The normalized spacial score (nSPS) is 23.5. The maximum atomic E-state index is 12.5. The highest BCUT2D eigenvalue weighted by Gasteiger charge is 2.43. The zero-order valence-electron chi connectivity index (χ0n) is 13.0. The molecular formula is C19H18N2O2. The Labute approximate surface area is 135 Å². The lowest BCUT2D eigenvalue weighted by Crippen LogP contribution is -2.57. The Bertz CT molecular complexity index is 772. The Morgan fingerprint density at radius 1 is 0.826 bits per heavy atom. The fourth-order valence-corrected chi connectivity index (χ4v) is 3.74. The molecule has 4 heteroatoms. The number of nitrogens with zero attached hydrogens (tertiary/aromatic N) is 2. The van der Waals surface area contributed by atoms with Gasteiger partial charge in [-0.2, -0.15) is 0 Å². The highest BCUT2D eigenvalue weighted by Crippen LogP contribution is 2.41. The minimum absolute atomic E-state index is 0.0404. The van der Waals surface area contributed by atoms with Crippen LogP contribution in [0, 0.1) is 0 Å². The molecule has 1 saturated heterocycles. The lowest BCUT2D eigenvalue weighted by atomic mass is 9.80. The van der Waals surface area contributed by atoms with Crippen molar-refractivity contribution in [2.24, 2.45) is 0 Å². The lowest BCUT2D eigenvalue weighted by Gasteiger charge is -2.45. The number of benzene rings is 2. The van der Waals surface area contributed by atoms with Crippen molar-refractivity contribution in [1.82, 2.24) is 9.80 Å². The average molecular weight is 306 g/mol. The third-order valence-corrected chi connectivity index (χ3v) is 4.93. The molecule has 4 rings (SSSR count). The molecule has 2 atom stereocenters. The second-order valence-electron chi connectivity index (χ2n) is 6.25. The van der Waals surface area contributed by atoms with E-state index in [0.717, 1.165) is 5.56 Å². The molecule has 0 saturated carbocycles. The zero-order valence-corrected chi connectivity index (χ0v) is 13.0. The molecule has 2 heterocycles. The number of rotatable bonds is 1. The summed E-state index contributed by atoms with van der Waals surface area (Å²) in [5, 5.41) is 0. The van der Waals surface area contributed by atoms with Crippen LogP contribution in [-0.4, -0.2) is 41.8 Å². The van der Waals surface area contributed by atoms with Gasteiger partial charge >= 0.3 is 11.8 Å². The van der Waals surface area contributed by atoms with E-state index in [-0.39, 0.29) is 17.9 Å². The quantitative estimate of drug-likeness (QED) is 0.758. The molecule has 4 nitrogen and oxygen atoms in total. The van der Waals surface area contributed by atoms with Crippen molar-refractivity contribution in [2.75, 3.05) is 20.1 Å². The van der Waals surface area contributed by atoms with Crippen molar-refractivity contribution in [3.05, 3.63) is 71.3 Å². The highest BCUT2D eigenvalue weighted by molar-refractivity contribution is 6.35. The maximum Gasteiger partial charge on any atom is 0.312 e. The van der Waals surface area contributed by atoms with Crippen molar-refractivity contribution in [3.8, 4) is 0 Å². The molecule has 0 spiro atoms. The van der Waals surface area contributed by atoms with Gasteiger partial charge in [-0.05, 0) is 16.7 Å². The largest absolute Gasteiger partial charge is 0.335 e. The lowest BCUT2D eigenvalue weighted by molar-refractivity contribution is -0.158. The molecule has 2 aliphatic rings. The first kappa shape index (κ1) is 14.0. The van der Waals surface area contributed by atoms with Crippen LogP contribution in [0.15, 0.2) is 54.6 Å². The summed E-state index contributed by atoms with van der Waals surface area (Å²) in [6.07, 6.45) is 0. The number of hydrogen-bond acceptors (Lipinski definition) is 2. The van der Waals surface area contributed by atoms with Gasteiger partial charge in [-0.15, -0.1) is 0 Å². The Kier molecular flexibility index (Phi) is 3.18. The summed E-state index contributed by atoms with van der Waals surface area (Å²) in [6.45, 7) is 1.12. The van der Waals surface area contributed by atoms with Gasteiger partial charge in [0.15, 0.2) is 0 Å². The van der Waals surface area contributed by atoms with Gasteiger partial charge in [0.25, 0.3) is 0 Å². The zero-order chi connectivity index (χ0) is 16.0. The van der Waals surface area contributed by atoms with Gasteiger partial charge in [-0.25, -0.2) is 0 Å². The molecule has 0 aliphatic carbocycles. The Morgan fingerprint density at radius 3 is 2.22 bits per heavy atom. The molecule has 0 aromatic heterocycles. The second kappa shape index (κ2) is 5.23. The molecule has 0 N–H and O–H groups in total. The van der Waals surface area contributed by atoms with Crippen LogP contribution >= 0.6 is 0 Å². The van der Waals surface area contributed by atoms with E-state index in [1.807, 2.05) is 30.3 Å². The Morgan fingerprint density at radius 2 is 1.48 bits per heavy atom. The van der Waals surface area contributed by atoms with Crippen LogP contribution in [0.3, 0.4) is 0 Å². The summed E-state index contributed by atoms with van der Waals surface area (Å²) < 4.78 is 0. The van der Waals surface area contributed by atoms with Crippen LogP contribution < -0.4 is 0 Å². The second-order valence-corrected chi connectivity index (χ2v) is 6.25. The van der Waals surface area contributed by atoms with Crippen LogP contribution in [0.2, 0.25) is 0 Å². The molecule has 2 aromatic rings. The topological polar surface area (TPSA) is 40.6 Å². The number of likely N-dealkylation sites (N-methyl/N-ethyl adjacent to an activating group) is 1. The summed E-state index contributed by atoms with van der Waals surface area (Å²) in [7, 11) is 1.70. The standard InChI is InChI=1S/C19H18N2O2/c1-20-12-17-15-10-6-5-9-14(15)16(13-7-3-2-4-8-13)11-21(17)19(23)18(20)22/h2-10,16-17H,11-12H2,1H3/t16-,17+/m0/s1. The van der Waals surface area contributed by atoms with E-state index in [0.29, 0.717) is 13.1 Å². The molecule has 2 aliphatic heterocycles. The third-order valence-electron chi connectivity index (χ3n) is 4.93. The van der Waals surface area contributed by atoms with E-state index in [9.17, 15) is 9.59 Å². The maximum absolute atomic E-state index is 12.5. The van der Waals surface area contributed by atoms with E-state index in [4.69, 9.17) is 0 Å². The monoisotopic (exact) mass is 306 g/mol. The number of fused-ring (bicyclic) bond motifs is 3. The smallest absolute Gasteiger partial charge is 0.312 e. The minimum Gasteiger partial charge on any atom is -0.335 e. The Balaban J connectivity index is 1.84. The SMILES string of the molecule is CN1C[C@@H]2c3ccccc3[C@H](c3ccccc3)CN2C(=O)C1=O. The van der Waals surface area contributed by atoms with Gasteiger partial charge in [-0.3, -0.25) is 9.59 Å². The van der Waals surface area contributed by atoms with E-state index in [2.05, 4.69) is 24.3 Å². The summed E-state index contributed by atoms with van der Waals surface area (Å²) in [6, 6.07) is 18.4. The van der Waals surface area contributed by atoms with E-state index in [1.165, 1.54) is 16.0 Å². The predicted octanol–water partition coefficient (Wildman–Crippen LogP) is 2.17. The van der Waals surface area contributed by atoms with Crippen molar-refractivity contribution in [2.45, 2.75) is 12.0 Å². The summed E-state index contributed by atoms with van der Waals surface area (Å²) in [5.41, 5.74) is 3.59. The van der Waals surface area contributed by atoms with Crippen LogP contribution in [0.5, 0.6) is 0 Å². The van der Waals surface area contributed by atoms with Crippen LogP contribution in [-0.2, 0) is 9.59 Å². The fraction of sp³-hybridized carbons (Fsp3) is 0.263. The predicted molar refractivity (Wildman–Crippen MR) is 86.8 cm³/mol. The number of carbonyl (C=O) groups excluding carboxylic acids is 2. The summed E-state index contributed by atoms with van der Waals surface area (Å²) >= 11 is 0. The van der Waals surface area contributed by atoms with Crippen molar-refractivity contribution >= 4 is 11.8 Å². The van der Waals surface area contributed by atoms with E-state index in [1.54, 1.807) is 11.9 Å². The number of piperazine rings is 1.